The molecule has 10 heteroatoms. The van der Waals surface area contributed by atoms with Crippen LogP contribution in [0.1, 0.15) is 46.4 Å². The van der Waals surface area contributed by atoms with Crippen LogP contribution in [-0.2, 0) is 34.1 Å². The Balaban J connectivity index is 1.78. The molecule has 1 unspecified atom stereocenters. The molecule has 0 fully saturated rings. The van der Waals surface area contributed by atoms with E-state index in [2.05, 4.69) is 15.0 Å². The average molecular weight is 520 g/mol. The summed E-state index contributed by atoms with van der Waals surface area (Å²) in [6.45, 7) is 5.55. The molecule has 0 saturated heterocycles. The molecule has 6 nitrogen and oxygen atoms in total. The van der Waals surface area contributed by atoms with Crippen LogP contribution in [0.5, 0.6) is 0 Å². The number of sulfonamides is 1. The molecule has 1 aromatic heterocycles. The standard InChI is InChI=1S/C26H28F3N3O3S/c1-16-6-5-7-20(12-16)24-22(10-11-23(32-24)26(27,28)29)14-30-25(33)18(3)19-8-9-21(17(2)13-19)15-31-36(4,34)35/h5-13,18,31H,14-15H2,1-4H3,(H,30,33). The minimum absolute atomic E-state index is 0.00688. The van der Waals surface area contributed by atoms with Crippen LogP contribution in [0.15, 0.2) is 54.6 Å². The Labute approximate surface area is 209 Å². The molecule has 3 aromatic rings. The number of aromatic nitrogens is 1. The molecule has 0 aliphatic heterocycles. The molecule has 2 N–H and O–H groups in total. The molecule has 192 valence electrons. The second-order valence-corrected chi connectivity index (χ2v) is 10.6. The second-order valence-electron chi connectivity index (χ2n) is 8.79. The molecular weight excluding hydrogens is 491 g/mol. The van der Waals surface area contributed by atoms with Gasteiger partial charge in [-0.3, -0.25) is 4.79 Å². The number of benzene rings is 2. The lowest BCUT2D eigenvalue weighted by molar-refractivity contribution is -0.141. The summed E-state index contributed by atoms with van der Waals surface area (Å²) in [6.07, 6.45) is -3.50. The molecule has 2 aromatic carbocycles. The predicted octanol–water partition coefficient (Wildman–Crippen LogP) is 4.85. The molecule has 3 rings (SSSR count). The van der Waals surface area contributed by atoms with E-state index in [4.69, 9.17) is 0 Å². The third-order valence-corrected chi connectivity index (χ3v) is 6.47. The smallest absolute Gasteiger partial charge is 0.351 e. The van der Waals surface area contributed by atoms with Crippen molar-refractivity contribution < 1.29 is 26.4 Å². The van der Waals surface area contributed by atoms with E-state index in [0.717, 1.165) is 34.6 Å². The highest BCUT2D eigenvalue weighted by Crippen LogP contribution is 2.31. The first kappa shape index (κ1) is 27.3. The normalized spacial score (nSPS) is 12.9. The zero-order valence-electron chi connectivity index (χ0n) is 20.4. The lowest BCUT2D eigenvalue weighted by Gasteiger charge is -2.17. The monoisotopic (exact) mass is 519 g/mol. The number of nitrogens with one attached hydrogen (secondary N) is 2. The summed E-state index contributed by atoms with van der Waals surface area (Å²) in [5.41, 5.74) is 3.40. The highest BCUT2D eigenvalue weighted by atomic mass is 32.2. The van der Waals surface area contributed by atoms with Crippen molar-refractivity contribution in [2.24, 2.45) is 0 Å². The molecule has 0 saturated carbocycles. The van der Waals surface area contributed by atoms with Crippen LogP contribution >= 0.6 is 0 Å². The summed E-state index contributed by atoms with van der Waals surface area (Å²) in [5, 5.41) is 2.81. The Morgan fingerprint density at radius 3 is 2.31 bits per heavy atom. The molecule has 0 bridgehead atoms. The minimum atomic E-state index is -4.59. The van der Waals surface area contributed by atoms with Crippen LogP contribution in [0.2, 0.25) is 0 Å². The SMILES string of the molecule is Cc1cccc(-c2nc(C(F)(F)F)ccc2CNC(=O)C(C)c2ccc(CNS(C)(=O)=O)c(C)c2)c1. The number of pyridine rings is 1. The maximum Gasteiger partial charge on any atom is 0.433 e. The first-order valence-electron chi connectivity index (χ1n) is 11.2. The Morgan fingerprint density at radius 2 is 1.69 bits per heavy atom. The Hall–Kier alpha value is -3.24. The largest absolute Gasteiger partial charge is 0.433 e. The summed E-state index contributed by atoms with van der Waals surface area (Å²) >= 11 is 0. The number of halogens is 3. The van der Waals surface area contributed by atoms with Gasteiger partial charge in [0, 0.05) is 18.7 Å². The minimum Gasteiger partial charge on any atom is -0.351 e. The van der Waals surface area contributed by atoms with Crippen molar-refractivity contribution in [2.45, 2.75) is 46.0 Å². The Morgan fingerprint density at radius 1 is 1.00 bits per heavy atom. The van der Waals surface area contributed by atoms with Gasteiger partial charge in [-0.25, -0.2) is 18.1 Å². The third-order valence-electron chi connectivity index (χ3n) is 5.80. The van der Waals surface area contributed by atoms with Crippen molar-refractivity contribution in [3.05, 3.63) is 88.1 Å². The number of nitrogens with zero attached hydrogens (tertiary/aromatic N) is 1. The van der Waals surface area contributed by atoms with Crippen LogP contribution in [0.4, 0.5) is 13.2 Å². The van der Waals surface area contributed by atoms with Crippen molar-refractivity contribution in [3.8, 4) is 11.3 Å². The highest BCUT2D eigenvalue weighted by molar-refractivity contribution is 7.88. The van der Waals surface area contributed by atoms with E-state index in [0.29, 0.717) is 11.1 Å². The second kappa shape index (κ2) is 10.8. The fourth-order valence-electron chi connectivity index (χ4n) is 3.71. The van der Waals surface area contributed by atoms with Gasteiger partial charge in [-0.2, -0.15) is 13.2 Å². The molecule has 1 heterocycles. The predicted molar refractivity (Wildman–Crippen MR) is 133 cm³/mol. The number of amides is 1. The van der Waals surface area contributed by atoms with E-state index in [9.17, 15) is 26.4 Å². The fourth-order valence-corrected chi connectivity index (χ4v) is 4.13. The molecule has 1 amide bonds. The highest BCUT2D eigenvalue weighted by Gasteiger charge is 2.33. The Bertz CT molecular complexity index is 1370. The first-order chi connectivity index (χ1) is 16.7. The van der Waals surface area contributed by atoms with E-state index in [1.165, 1.54) is 6.07 Å². The summed E-state index contributed by atoms with van der Waals surface area (Å²) < 4.78 is 65.0. The van der Waals surface area contributed by atoms with E-state index in [1.807, 2.05) is 26.0 Å². The van der Waals surface area contributed by atoms with Crippen molar-refractivity contribution in [1.29, 1.82) is 0 Å². The van der Waals surface area contributed by atoms with Gasteiger partial charge in [0.25, 0.3) is 0 Å². The third kappa shape index (κ3) is 7.14. The summed E-state index contributed by atoms with van der Waals surface area (Å²) in [4.78, 5) is 16.8. The Kier molecular flexibility index (Phi) is 8.20. The lowest BCUT2D eigenvalue weighted by Crippen LogP contribution is -2.28. The van der Waals surface area contributed by atoms with Crippen molar-refractivity contribution in [3.63, 3.8) is 0 Å². The van der Waals surface area contributed by atoms with Gasteiger partial charge in [-0.05, 0) is 55.2 Å². The maximum absolute atomic E-state index is 13.3. The van der Waals surface area contributed by atoms with Gasteiger partial charge in [0.05, 0.1) is 17.9 Å². The topological polar surface area (TPSA) is 88.2 Å². The number of carbonyl (C=O) groups is 1. The fraction of sp³-hybridized carbons (Fsp3) is 0.308. The zero-order valence-corrected chi connectivity index (χ0v) is 21.2. The van der Waals surface area contributed by atoms with Gasteiger partial charge in [0.15, 0.2) is 0 Å². The van der Waals surface area contributed by atoms with Crippen molar-refractivity contribution in [2.75, 3.05) is 6.26 Å². The van der Waals surface area contributed by atoms with Gasteiger partial charge in [-0.15, -0.1) is 0 Å². The van der Waals surface area contributed by atoms with Crippen LogP contribution in [0.25, 0.3) is 11.3 Å². The van der Waals surface area contributed by atoms with E-state index >= 15 is 0 Å². The number of rotatable bonds is 8. The van der Waals surface area contributed by atoms with E-state index < -0.39 is 27.8 Å². The lowest BCUT2D eigenvalue weighted by atomic mass is 9.95. The molecule has 36 heavy (non-hydrogen) atoms. The van der Waals surface area contributed by atoms with Crippen LogP contribution in [0.3, 0.4) is 0 Å². The maximum atomic E-state index is 13.3. The molecular formula is C26H28F3N3O3S. The molecule has 0 spiro atoms. The number of aryl methyl sites for hydroxylation is 2. The first-order valence-corrected chi connectivity index (χ1v) is 13.1. The van der Waals surface area contributed by atoms with Crippen molar-refractivity contribution in [1.82, 2.24) is 15.0 Å². The quantitative estimate of drug-likeness (QED) is 0.445. The average Bonchev–Trinajstić information content (AvgIpc) is 2.80. The van der Waals surface area contributed by atoms with Gasteiger partial charge in [0.1, 0.15) is 5.69 Å². The molecule has 1 atom stereocenters. The zero-order chi connectivity index (χ0) is 26.7. The van der Waals surface area contributed by atoms with Gasteiger partial charge in [0.2, 0.25) is 15.9 Å². The number of hydrogen-bond acceptors (Lipinski definition) is 4. The van der Waals surface area contributed by atoms with Crippen LogP contribution in [0, 0.1) is 13.8 Å². The number of carbonyl (C=O) groups excluding carboxylic acids is 1. The summed E-state index contributed by atoms with van der Waals surface area (Å²) in [7, 11) is -3.33. The molecule has 0 aliphatic carbocycles. The summed E-state index contributed by atoms with van der Waals surface area (Å²) in [6, 6.07) is 14.6. The van der Waals surface area contributed by atoms with E-state index in [-0.39, 0.29) is 24.7 Å². The van der Waals surface area contributed by atoms with Gasteiger partial charge in [-0.1, -0.05) is 48.0 Å². The van der Waals surface area contributed by atoms with Gasteiger partial charge < -0.3 is 5.32 Å². The number of hydrogen-bond donors (Lipinski definition) is 2. The molecule has 0 radical (unpaired) electrons. The van der Waals surface area contributed by atoms with Gasteiger partial charge >= 0.3 is 6.18 Å². The van der Waals surface area contributed by atoms with Crippen LogP contribution < -0.4 is 10.0 Å². The van der Waals surface area contributed by atoms with E-state index in [1.54, 1.807) is 37.3 Å². The van der Waals surface area contributed by atoms with Crippen molar-refractivity contribution >= 4 is 15.9 Å². The van der Waals surface area contributed by atoms with Crippen LogP contribution in [-0.4, -0.2) is 25.6 Å². The summed E-state index contributed by atoms with van der Waals surface area (Å²) in [5.74, 6) is -0.836. The molecule has 0 aliphatic rings. The number of alkyl halides is 3.